The van der Waals surface area contributed by atoms with Gasteiger partial charge in [-0.05, 0) is 55.5 Å². The molecule has 9 nitrogen and oxygen atoms in total. The first kappa shape index (κ1) is 23.7. The maximum Gasteiger partial charge on any atom is 0.154 e. The van der Waals surface area contributed by atoms with Gasteiger partial charge in [0, 0.05) is 48.4 Å². The molecule has 4 aromatic rings. The highest BCUT2D eigenvalue weighted by atomic mass is 35.5. The average Bonchev–Trinajstić information content (AvgIpc) is 3.34. The zero-order chi connectivity index (χ0) is 25.9. The van der Waals surface area contributed by atoms with E-state index >= 15 is 0 Å². The summed E-state index contributed by atoms with van der Waals surface area (Å²) in [6, 6.07) is 6.85. The fourth-order valence-corrected chi connectivity index (χ4v) is 6.49. The van der Waals surface area contributed by atoms with Gasteiger partial charge < -0.3 is 16.4 Å². The summed E-state index contributed by atoms with van der Waals surface area (Å²) >= 11 is 6.61. The molecule has 0 amide bonds. The van der Waals surface area contributed by atoms with Crippen molar-refractivity contribution in [2.75, 3.05) is 30.3 Å². The summed E-state index contributed by atoms with van der Waals surface area (Å²) in [7, 11) is 1.82. The maximum absolute atomic E-state index is 13.5. The number of nitrogens with zero attached hydrogens (tertiary/aromatic N) is 6. The van der Waals surface area contributed by atoms with E-state index in [-0.39, 0.29) is 28.5 Å². The Kier molecular flexibility index (Phi) is 5.61. The topological polar surface area (TPSA) is 136 Å². The lowest BCUT2D eigenvalue weighted by Gasteiger charge is -2.27. The van der Waals surface area contributed by atoms with Gasteiger partial charge in [0.05, 0.1) is 28.6 Å². The number of pyridine rings is 1. The van der Waals surface area contributed by atoms with Gasteiger partial charge in [-0.15, -0.1) is 0 Å². The van der Waals surface area contributed by atoms with Crippen LogP contribution in [-0.4, -0.2) is 50.1 Å². The van der Waals surface area contributed by atoms with E-state index in [1.54, 1.807) is 23.0 Å². The molecule has 0 radical (unpaired) electrons. The molecule has 5 N–H and O–H groups in total. The Hall–Kier alpha value is -3.63. The molecule has 1 unspecified atom stereocenters. The summed E-state index contributed by atoms with van der Waals surface area (Å²) in [4.78, 5) is 15.7. The number of fused-ring (bicyclic) bond motifs is 2. The number of hydrogen-bond acceptors (Lipinski definition) is 8. The molecular formula is C26H27ClFN9. The van der Waals surface area contributed by atoms with Gasteiger partial charge in [-0.2, -0.15) is 5.10 Å². The standard InChI is InChI=1S/C26H27ClFN9/c1-36-12-16-19(35-36)4-3-15(22(16)27)23(30)24-25(31)34-21(11-33-24)37-9-6-17-18(13-37)26(17,7-8-29)20-5-2-14(28)10-32-20/h2-5,10-12,17-18,30H,6-9,13,29H2,1H3,(H2,31,34)/t17-,18?,26+/m1/s1. The van der Waals surface area contributed by atoms with E-state index in [1.165, 1.54) is 12.3 Å². The van der Waals surface area contributed by atoms with Crippen molar-refractivity contribution in [3.63, 3.8) is 0 Å². The van der Waals surface area contributed by atoms with Crippen LogP contribution in [0.5, 0.6) is 0 Å². The average molecular weight is 520 g/mol. The zero-order valence-corrected chi connectivity index (χ0v) is 21.1. The second-order valence-corrected chi connectivity index (χ2v) is 10.3. The van der Waals surface area contributed by atoms with Crippen molar-refractivity contribution < 1.29 is 4.39 Å². The molecule has 3 atom stereocenters. The molecule has 1 aromatic carbocycles. The molecule has 1 aliphatic carbocycles. The van der Waals surface area contributed by atoms with Gasteiger partial charge >= 0.3 is 0 Å². The lowest BCUT2D eigenvalue weighted by Crippen LogP contribution is -2.32. The predicted octanol–water partition coefficient (Wildman–Crippen LogP) is 3.29. The van der Waals surface area contributed by atoms with E-state index in [4.69, 9.17) is 28.5 Å². The summed E-state index contributed by atoms with van der Waals surface area (Å²) in [6.45, 7) is 2.10. The van der Waals surface area contributed by atoms with Crippen LogP contribution < -0.4 is 16.4 Å². The van der Waals surface area contributed by atoms with Crippen LogP contribution >= 0.6 is 11.6 Å². The Morgan fingerprint density at radius 2 is 2.05 bits per heavy atom. The summed E-state index contributed by atoms with van der Waals surface area (Å²) in [5.41, 5.74) is 14.7. The Morgan fingerprint density at radius 3 is 2.78 bits per heavy atom. The molecule has 4 heterocycles. The number of aryl methyl sites for hydroxylation is 1. The molecule has 0 bridgehead atoms. The van der Waals surface area contributed by atoms with Gasteiger partial charge in [0.1, 0.15) is 17.3 Å². The number of nitrogens with one attached hydrogen (secondary N) is 1. The van der Waals surface area contributed by atoms with Crippen LogP contribution in [0, 0.1) is 23.1 Å². The smallest absolute Gasteiger partial charge is 0.154 e. The largest absolute Gasteiger partial charge is 0.382 e. The summed E-state index contributed by atoms with van der Waals surface area (Å²) in [5, 5.41) is 14.3. The number of benzene rings is 1. The van der Waals surface area contributed by atoms with Gasteiger partial charge in [-0.3, -0.25) is 15.1 Å². The number of hydrogen-bond donors (Lipinski definition) is 3. The summed E-state index contributed by atoms with van der Waals surface area (Å²) in [6.07, 6.45) is 6.53. The van der Waals surface area contributed by atoms with Crippen LogP contribution in [0.2, 0.25) is 5.02 Å². The number of halogens is 2. The van der Waals surface area contributed by atoms with E-state index in [2.05, 4.69) is 25.0 Å². The van der Waals surface area contributed by atoms with Gasteiger partial charge in [-0.1, -0.05) is 11.6 Å². The van der Waals surface area contributed by atoms with Gasteiger partial charge in [-0.25, -0.2) is 14.4 Å². The van der Waals surface area contributed by atoms with Crippen molar-refractivity contribution in [2.24, 2.45) is 24.6 Å². The number of piperidine rings is 1. The molecule has 1 aliphatic heterocycles. The summed E-state index contributed by atoms with van der Waals surface area (Å²) < 4.78 is 15.2. The fourth-order valence-electron chi connectivity index (χ4n) is 6.19. The van der Waals surface area contributed by atoms with Crippen molar-refractivity contribution in [1.82, 2.24) is 24.7 Å². The minimum atomic E-state index is -0.338. The Bertz CT molecular complexity index is 1520. The third-order valence-electron chi connectivity index (χ3n) is 7.94. The Balaban J connectivity index is 1.25. The lowest BCUT2D eigenvalue weighted by molar-refractivity contribution is 0.526. The van der Waals surface area contributed by atoms with E-state index in [0.29, 0.717) is 34.8 Å². The molecule has 3 aromatic heterocycles. The van der Waals surface area contributed by atoms with Crippen LogP contribution in [0.4, 0.5) is 16.0 Å². The highest BCUT2D eigenvalue weighted by Crippen LogP contribution is 2.65. The third-order valence-corrected chi connectivity index (χ3v) is 8.35. The minimum absolute atomic E-state index is 0.109. The van der Waals surface area contributed by atoms with Crippen LogP contribution in [0.15, 0.2) is 42.9 Å². The zero-order valence-electron chi connectivity index (χ0n) is 20.3. The molecule has 6 rings (SSSR count). The number of nitrogens with two attached hydrogens (primary N) is 2. The number of anilines is 2. The first-order valence-corrected chi connectivity index (χ1v) is 12.6. The van der Waals surface area contributed by atoms with Crippen LogP contribution in [0.25, 0.3) is 10.9 Å². The quantitative estimate of drug-likeness (QED) is 0.332. The number of nitrogen functional groups attached to an aromatic ring is 1. The van der Waals surface area contributed by atoms with Crippen molar-refractivity contribution in [3.8, 4) is 0 Å². The van der Waals surface area contributed by atoms with Crippen molar-refractivity contribution in [2.45, 2.75) is 18.3 Å². The second-order valence-electron chi connectivity index (χ2n) is 9.89. The predicted molar refractivity (Wildman–Crippen MR) is 141 cm³/mol. The Labute approximate surface area is 218 Å². The fraction of sp³-hybridized carbons (Fsp3) is 0.346. The van der Waals surface area contributed by atoms with Crippen LogP contribution in [0.3, 0.4) is 0 Å². The van der Waals surface area contributed by atoms with E-state index in [0.717, 1.165) is 42.5 Å². The molecule has 190 valence electrons. The summed E-state index contributed by atoms with van der Waals surface area (Å²) in [5.74, 6) is 1.30. The molecule has 2 fully saturated rings. The number of aromatic nitrogens is 5. The normalized spacial score (nSPS) is 22.8. The highest BCUT2D eigenvalue weighted by Gasteiger charge is 2.66. The maximum atomic E-state index is 13.5. The van der Waals surface area contributed by atoms with Crippen molar-refractivity contribution in [1.29, 1.82) is 5.41 Å². The van der Waals surface area contributed by atoms with Gasteiger partial charge in [0.25, 0.3) is 0 Å². The highest BCUT2D eigenvalue weighted by molar-refractivity contribution is 6.39. The third kappa shape index (κ3) is 3.74. The van der Waals surface area contributed by atoms with E-state index < -0.39 is 0 Å². The molecule has 1 saturated heterocycles. The molecule has 2 aliphatic rings. The Morgan fingerprint density at radius 1 is 1.22 bits per heavy atom. The first-order chi connectivity index (χ1) is 17.8. The molecule has 37 heavy (non-hydrogen) atoms. The first-order valence-electron chi connectivity index (χ1n) is 12.2. The SMILES string of the molecule is Cn1cc2c(Cl)c(C(=N)c3ncc(N4CC[C@@H]5C(C4)[C@@]5(CCN)c4ccc(F)cn4)nc3N)ccc2n1. The van der Waals surface area contributed by atoms with Crippen molar-refractivity contribution >= 4 is 39.9 Å². The van der Waals surface area contributed by atoms with Crippen LogP contribution in [0.1, 0.15) is 29.8 Å². The molecule has 0 spiro atoms. The monoisotopic (exact) mass is 519 g/mol. The number of rotatable bonds is 6. The van der Waals surface area contributed by atoms with E-state index in [1.807, 2.05) is 19.3 Å². The molecule has 11 heteroatoms. The van der Waals surface area contributed by atoms with Crippen LogP contribution in [-0.2, 0) is 12.5 Å². The minimum Gasteiger partial charge on any atom is -0.382 e. The lowest BCUT2D eigenvalue weighted by atomic mass is 9.92. The second kappa shape index (κ2) is 8.74. The van der Waals surface area contributed by atoms with E-state index in [9.17, 15) is 4.39 Å². The molecule has 1 saturated carbocycles. The van der Waals surface area contributed by atoms with Crippen molar-refractivity contribution in [3.05, 3.63) is 70.6 Å². The molecular weight excluding hydrogens is 493 g/mol. The van der Waals surface area contributed by atoms with Gasteiger partial charge in [0.2, 0.25) is 0 Å². The van der Waals surface area contributed by atoms with Gasteiger partial charge in [0.15, 0.2) is 5.82 Å².